The maximum Gasteiger partial charge on any atom is 0.410 e. The Kier molecular flexibility index (Phi) is 4.91. The van der Waals surface area contributed by atoms with Gasteiger partial charge in [0.25, 0.3) is 0 Å². The lowest BCUT2D eigenvalue weighted by Gasteiger charge is -2.31. The summed E-state index contributed by atoms with van der Waals surface area (Å²) in [6.45, 7) is 9.91. The van der Waals surface area contributed by atoms with Crippen LogP contribution in [0.1, 0.15) is 38.8 Å². The summed E-state index contributed by atoms with van der Waals surface area (Å²) in [6, 6.07) is 6.38. The Morgan fingerprint density at radius 2 is 2.08 bits per heavy atom. The molecule has 0 saturated heterocycles. The van der Waals surface area contributed by atoms with Crippen LogP contribution in [-0.2, 0) is 24.2 Å². The number of fused-ring (bicyclic) bond motifs is 1. The van der Waals surface area contributed by atoms with Gasteiger partial charge in [-0.05, 0) is 67.2 Å². The SMILES string of the molecule is CCn1c(Br)cnc1-c1ccc2c(c1)CCN(C(=O)OC(C)(C)C)C2. The summed E-state index contributed by atoms with van der Waals surface area (Å²) in [5, 5.41) is 0. The summed E-state index contributed by atoms with van der Waals surface area (Å²) < 4.78 is 8.61. The molecule has 3 rings (SSSR count). The molecule has 6 heteroatoms. The molecule has 2 heterocycles. The molecule has 25 heavy (non-hydrogen) atoms. The standard InChI is InChI=1S/C19H24BrN3O2/c1-5-23-16(20)11-21-17(23)14-6-7-15-12-22(9-8-13(15)10-14)18(24)25-19(2,3)4/h6-7,10-11H,5,8-9,12H2,1-4H3. The van der Waals surface area contributed by atoms with Gasteiger partial charge in [-0.2, -0.15) is 0 Å². The van der Waals surface area contributed by atoms with Gasteiger partial charge in [-0.3, -0.25) is 0 Å². The van der Waals surface area contributed by atoms with Gasteiger partial charge in [0, 0.05) is 25.2 Å². The first-order valence-corrected chi connectivity index (χ1v) is 9.39. The van der Waals surface area contributed by atoms with Crippen LogP contribution < -0.4 is 0 Å². The predicted molar refractivity (Wildman–Crippen MR) is 101 cm³/mol. The largest absolute Gasteiger partial charge is 0.444 e. The van der Waals surface area contributed by atoms with Gasteiger partial charge in [0.2, 0.25) is 0 Å². The molecular weight excluding hydrogens is 382 g/mol. The van der Waals surface area contributed by atoms with Crippen molar-refractivity contribution in [3.63, 3.8) is 0 Å². The Morgan fingerprint density at radius 3 is 2.76 bits per heavy atom. The molecule has 0 bridgehead atoms. The van der Waals surface area contributed by atoms with Crippen molar-refractivity contribution in [3.05, 3.63) is 40.1 Å². The minimum Gasteiger partial charge on any atom is -0.444 e. The van der Waals surface area contributed by atoms with E-state index in [0.717, 1.165) is 29.0 Å². The number of imidazole rings is 1. The average molecular weight is 406 g/mol. The number of carbonyl (C=O) groups excluding carboxylic acids is 1. The van der Waals surface area contributed by atoms with Gasteiger partial charge in [0.05, 0.1) is 6.20 Å². The molecule has 134 valence electrons. The fraction of sp³-hybridized carbons (Fsp3) is 0.474. The third-order valence-electron chi connectivity index (χ3n) is 4.25. The summed E-state index contributed by atoms with van der Waals surface area (Å²) in [5.41, 5.74) is 3.09. The molecular formula is C19H24BrN3O2. The highest BCUT2D eigenvalue weighted by atomic mass is 79.9. The smallest absolute Gasteiger partial charge is 0.410 e. The second-order valence-corrected chi connectivity index (χ2v) is 8.10. The number of amides is 1. The van der Waals surface area contributed by atoms with Crippen LogP contribution in [0.3, 0.4) is 0 Å². The Balaban J connectivity index is 1.81. The van der Waals surface area contributed by atoms with E-state index in [2.05, 4.69) is 50.6 Å². The summed E-state index contributed by atoms with van der Waals surface area (Å²) >= 11 is 3.54. The van der Waals surface area contributed by atoms with Crippen molar-refractivity contribution in [2.24, 2.45) is 0 Å². The van der Waals surface area contributed by atoms with Gasteiger partial charge >= 0.3 is 6.09 Å². The van der Waals surface area contributed by atoms with Gasteiger partial charge in [-0.1, -0.05) is 12.1 Å². The molecule has 0 unspecified atom stereocenters. The van der Waals surface area contributed by atoms with Gasteiger partial charge in [-0.25, -0.2) is 9.78 Å². The Bertz CT molecular complexity index is 792. The normalized spacial score (nSPS) is 14.4. The van der Waals surface area contributed by atoms with Crippen molar-refractivity contribution in [1.82, 2.24) is 14.5 Å². The zero-order chi connectivity index (χ0) is 18.2. The number of carbonyl (C=O) groups is 1. The first-order chi connectivity index (χ1) is 11.8. The highest BCUT2D eigenvalue weighted by Crippen LogP contribution is 2.28. The molecule has 0 radical (unpaired) electrons. The number of ether oxygens (including phenoxy) is 1. The molecule has 0 spiro atoms. The Hall–Kier alpha value is -1.82. The highest BCUT2D eigenvalue weighted by Gasteiger charge is 2.26. The van der Waals surface area contributed by atoms with E-state index in [1.807, 2.05) is 27.0 Å². The van der Waals surface area contributed by atoms with Gasteiger partial charge in [0.15, 0.2) is 0 Å². The van der Waals surface area contributed by atoms with Crippen molar-refractivity contribution in [2.75, 3.05) is 6.54 Å². The van der Waals surface area contributed by atoms with E-state index in [1.165, 1.54) is 11.1 Å². The zero-order valence-electron chi connectivity index (χ0n) is 15.2. The molecule has 0 aliphatic carbocycles. The predicted octanol–water partition coefficient (Wildman–Crippen LogP) is 4.63. The molecule has 1 aliphatic heterocycles. The van der Waals surface area contributed by atoms with Crippen LogP contribution in [0.15, 0.2) is 29.0 Å². The van der Waals surface area contributed by atoms with Crippen molar-refractivity contribution >= 4 is 22.0 Å². The second kappa shape index (κ2) is 6.83. The molecule has 1 amide bonds. The molecule has 1 aromatic carbocycles. The Morgan fingerprint density at radius 1 is 1.32 bits per heavy atom. The molecule has 1 aromatic heterocycles. The van der Waals surface area contributed by atoms with Gasteiger partial charge in [0.1, 0.15) is 16.0 Å². The van der Waals surface area contributed by atoms with Crippen molar-refractivity contribution in [2.45, 2.75) is 52.8 Å². The van der Waals surface area contributed by atoms with E-state index in [4.69, 9.17) is 4.74 Å². The maximum atomic E-state index is 12.3. The van der Waals surface area contributed by atoms with Crippen molar-refractivity contribution in [1.29, 1.82) is 0 Å². The first kappa shape index (κ1) is 18.0. The number of aromatic nitrogens is 2. The number of hydrogen-bond acceptors (Lipinski definition) is 3. The lowest BCUT2D eigenvalue weighted by molar-refractivity contribution is 0.0224. The van der Waals surface area contributed by atoms with Crippen molar-refractivity contribution in [3.8, 4) is 11.4 Å². The van der Waals surface area contributed by atoms with Crippen LogP contribution in [0.5, 0.6) is 0 Å². The number of hydrogen-bond donors (Lipinski definition) is 0. The van der Waals surface area contributed by atoms with Crippen LogP contribution in [0.2, 0.25) is 0 Å². The number of halogens is 1. The molecule has 1 aliphatic rings. The summed E-state index contributed by atoms with van der Waals surface area (Å²) in [4.78, 5) is 18.6. The second-order valence-electron chi connectivity index (χ2n) is 7.28. The average Bonchev–Trinajstić information content (AvgIpc) is 2.93. The van der Waals surface area contributed by atoms with Gasteiger partial charge in [-0.15, -0.1) is 0 Å². The maximum absolute atomic E-state index is 12.3. The number of nitrogens with zero attached hydrogens (tertiary/aromatic N) is 3. The van der Waals surface area contributed by atoms with E-state index in [0.29, 0.717) is 13.1 Å². The lowest BCUT2D eigenvalue weighted by Crippen LogP contribution is -2.39. The minimum absolute atomic E-state index is 0.243. The lowest BCUT2D eigenvalue weighted by atomic mass is 9.97. The molecule has 0 N–H and O–H groups in total. The van der Waals surface area contributed by atoms with Gasteiger partial charge < -0.3 is 14.2 Å². The van der Waals surface area contributed by atoms with E-state index in [-0.39, 0.29) is 6.09 Å². The van der Waals surface area contributed by atoms with E-state index < -0.39 is 5.60 Å². The quantitative estimate of drug-likeness (QED) is 0.731. The number of rotatable bonds is 2. The first-order valence-electron chi connectivity index (χ1n) is 8.59. The number of benzene rings is 1. The Labute approximate surface area is 157 Å². The summed E-state index contributed by atoms with van der Waals surface area (Å²) in [7, 11) is 0. The van der Waals surface area contributed by atoms with Crippen LogP contribution in [0.4, 0.5) is 4.79 Å². The third-order valence-corrected chi connectivity index (χ3v) is 4.88. The fourth-order valence-corrected chi connectivity index (χ4v) is 3.58. The van der Waals surface area contributed by atoms with Crippen molar-refractivity contribution < 1.29 is 9.53 Å². The molecule has 2 aromatic rings. The van der Waals surface area contributed by atoms with Crippen LogP contribution in [0, 0.1) is 0 Å². The van der Waals surface area contributed by atoms with E-state index in [1.54, 1.807) is 4.90 Å². The van der Waals surface area contributed by atoms with Crippen LogP contribution >= 0.6 is 15.9 Å². The molecule has 0 saturated carbocycles. The minimum atomic E-state index is -0.466. The van der Waals surface area contributed by atoms with Crippen LogP contribution in [-0.4, -0.2) is 32.7 Å². The van der Waals surface area contributed by atoms with E-state index in [9.17, 15) is 4.79 Å². The molecule has 0 fully saturated rings. The fourth-order valence-electron chi connectivity index (χ4n) is 3.06. The molecule has 5 nitrogen and oxygen atoms in total. The topological polar surface area (TPSA) is 47.4 Å². The molecule has 0 atom stereocenters. The zero-order valence-corrected chi connectivity index (χ0v) is 16.8. The van der Waals surface area contributed by atoms with Crippen LogP contribution in [0.25, 0.3) is 11.4 Å². The highest BCUT2D eigenvalue weighted by molar-refractivity contribution is 9.10. The summed E-state index contributed by atoms with van der Waals surface area (Å²) in [6.07, 6.45) is 2.42. The van der Waals surface area contributed by atoms with E-state index >= 15 is 0 Å². The third kappa shape index (κ3) is 3.89. The summed E-state index contributed by atoms with van der Waals surface area (Å²) in [5.74, 6) is 0.965. The monoisotopic (exact) mass is 405 g/mol.